The van der Waals surface area contributed by atoms with Gasteiger partial charge in [0.1, 0.15) is 6.29 Å². The maximum atomic E-state index is 11.3. The van der Waals surface area contributed by atoms with Crippen molar-refractivity contribution in [2.24, 2.45) is 5.92 Å². The Labute approximate surface area is 159 Å². The van der Waals surface area contributed by atoms with Gasteiger partial charge in [-0.15, -0.1) is 0 Å². The minimum atomic E-state index is 0.617. The van der Waals surface area contributed by atoms with E-state index in [1.807, 2.05) is 19.1 Å². The molecule has 0 radical (unpaired) electrons. The maximum Gasteiger partial charge on any atom is 0.150 e. The molecule has 0 saturated heterocycles. The summed E-state index contributed by atoms with van der Waals surface area (Å²) in [5, 5.41) is 3.28. The molecule has 1 aromatic rings. The highest BCUT2D eigenvalue weighted by atomic mass is 16.1. The van der Waals surface area contributed by atoms with Crippen molar-refractivity contribution >= 4 is 12.0 Å². The van der Waals surface area contributed by atoms with Crippen LogP contribution in [0.1, 0.15) is 49.5 Å². The van der Waals surface area contributed by atoms with Crippen molar-refractivity contribution in [2.75, 3.05) is 24.5 Å². The summed E-state index contributed by atoms with van der Waals surface area (Å²) in [7, 11) is 0. The van der Waals surface area contributed by atoms with Gasteiger partial charge in [-0.1, -0.05) is 57.7 Å². The number of aldehydes is 1. The Morgan fingerprint density at radius 2 is 2.12 bits per heavy atom. The third kappa shape index (κ3) is 7.30. The molecule has 1 aromatic carbocycles. The lowest BCUT2D eigenvalue weighted by atomic mass is 9.96. The molecule has 0 heterocycles. The molecule has 0 spiro atoms. The van der Waals surface area contributed by atoms with Crippen LogP contribution in [0, 0.1) is 5.92 Å². The fourth-order valence-electron chi connectivity index (χ4n) is 2.81. The highest BCUT2D eigenvalue weighted by Gasteiger charge is 2.14. The van der Waals surface area contributed by atoms with Gasteiger partial charge >= 0.3 is 0 Å². The van der Waals surface area contributed by atoms with E-state index < -0.39 is 0 Å². The van der Waals surface area contributed by atoms with Crippen LogP contribution in [0.5, 0.6) is 0 Å². The molecule has 1 N–H and O–H groups in total. The molecular formula is C23H34N2O. The van der Waals surface area contributed by atoms with Gasteiger partial charge in [0.05, 0.1) is 0 Å². The predicted molar refractivity (Wildman–Crippen MR) is 114 cm³/mol. The Balaban J connectivity index is 3.07. The molecule has 142 valence electrons. The quantitative estimate of drug-likeness (QED) is 0.302. The zero-order valence-corrected chi connectivity index (χ0v) is 16.6. The molecule has 3 nitrogen and oxygen atoms in total. The molecule has 26 heavy (non-hydrogen) atoms. The molecule has 1 atom stereocenters. The molecule has 0 bridgehead atoms. The number of carbonyl (C=O) groups excluding carboxylic acids is 1. The normalized spacial score (nSPS) is 12.0. The number of hydrogen-bond acceptors (Lipinski definition) is 3. The molecule has 0 fully saturated rings. The third-order valence-corrected chi connectivity index (χ3v) is 4.63. The molecule has 0 amide bonds. The monoisotopic (exact) mass is 354 g/mol. The van der Waals surface area contributed by atoms with E-state index in [1.165, 1.54) is 11.3 Å². The van der Waals surface area contributed by atoms with Gasteiger partial charge in [-0.2, -0.15) is 0 Å². The minimum absolute atomic E-state index is 0.617. The summed E-state index contributed by atoms with van der Waals surface area (Å²) in [6, 6.07) is 6.07. The van der Waals surface area contributed by atoms with Crippen LogP contribution in [-0.2, 0) is 6.42 Å². The van der Waals surface area contributed by atoms with E-state index in [9.17, 15) is 4.79 Å². The van der Waals surface area contributed by atoms with Crippen molar-refractivity contribution in [3.8, 4) is 0 Å². The standard InChI is InChI=1S/C23H34N2O/c1-6-9-10-14-25(15-13-24-20(5)8-3)23-17-21(18-26)11-12-22(23)16-19(4)7-2/h6,8-9,11-12,17-19,24H,3,5,7,10,13-16H2,1-2,4H3/b9-6-. The van der Waals surface area contributed by atoms with Gasteiger partial charge in [0.25, 0.3) is 0 Å². The van der Waals surface area contributed by atoms with Gasteiger partial charge < -0.3 is 10.2 Å². The number of nitrogens with zero attached hydrogens (tertiary/aromatic N) is 1. The topological polar surface area (TPSA) is 32.3 Å². The first-order valence-corrected chi connectivity index (χ1v) is 9.55. The molecule has 0 aliphatic rings. The number of nitrogens with one attached hydrogen (secondary N) is 1. The highest BCUT2D eigenvalue weighted by molar-refractivity contribution is 5.78. The van der Waals surface area contributed by atoms with E-state index in [1.54, 1.807) is 6.08 Å². The van der Waals surface area contributed by atoms with Crippen LogP contribution in [-0.4, -0.2) is 25.9 Å². The lowest BCUT2D eigenvalue weighted by Gasteiger charge is -2.28. The number of benzene rings is 1. The molecule has 0 aromatic heterocycles. The van der Waals surface area contributed by atoms with Crippen LogP contribution in [0.2, 0.25) is 0 Å². The molecule has 0 aliphatic carbocycles. The summed E-state index contributed by atoms with van der Waals surface area (Å²) in [6.45, 7) is 16.7. The van der Waals surface area contributed by atoms with Gasteiger partial charge in [-0.25, -0.2) is 0 Å². The lowest BCUT2D eigenvalue weighted by molar-refractivity contribution is 0.112. The summed E-state index contributed by atoms with van der Waals surface area (Å²) in [6.07, 6.45) is 10.1. The number of hydrogen-bond donors (Lipinski definition) is 1. The fourth-order valence-corrected chi connectivity index (χ4v) is 2.81. The maximum absolute atomic E-state index is 11.3. The zero-order valence-electron chi connectivity index (χ0n) is 16.6. The lowest BCUT2D eigenvalue weighted by Crippen LogP contribution is -2.33. The minimum Gasteiger partial charge on any atom is -0.384 e. The van der Waals surface area contributed by atoms with Crippen LogP contribution in [0.3, 0.4) is 0 Å². The highest BCUT2D eigenvalue weighted by Crippen LogP contribution is 2.26. The summed E-state index contributed by atoms with van der Waals surface area (Å²) in [5.41, 5.74) is 4.05. The van der Waals surface area contributed by atoms with Crippen LogP contribution in [0.15, 0.2) is 55.3 Å². The predicted octanol–water partition coefficient (Wildman–Crippen LogP) is 5.15. The Bertz CT molecular complexity index is 619. The van der Waals surface area contributed by atoms with Crippen LogP contribution in [0.4, 0.5) is 5.69 Å². The molecule has 0 saturated carbocycles. The Kier molecular flexibility index (Phi) is 10.1. The molecular weight excluding hydrogens is 320 g/mol. The second-order valence-electron chi connectivity index (χ2n) is 6.72. The average molecular weight is 355 g/mol. The molecule has 3 heteroatoms. The van der Waals surface area contributed by atoms with E-state index >= 15 is 0 Å². The second-order valence-corrected chi connectivity index (χ2v) is 6.72. The van der Waals surface area contributed by atoms with Crippen molar-refractivity contribution in [1.29, 1.82) is 0 Å². The molecule has 1 rings (SSSR count). The first-order chi connectivity index (χ1) is 12.5. The van der Waals surface area contributed by atoms with Crippen LogP contribution < -0.4 is 10.2 Å². The summed E-state index contributed by atoms with van der Waals surface area (Å²) in [5.74, 6) is 0.617. The van der Waals surface area contributed by atoms with Gasteiger partial charge in [0, 0.05) is 36.6 Å². The van der Waals surface area contributed by atoms with E-state index in [0.29, 0.717) is 5.92 Å². The van der Waals surface area contributed by atoms with Gasteiger partial charge in [-0.3, -0.25) is 4.79 Å². The molecule has 0 aliphatic heterocycles. The van der Waals surface area contributed by atoms with E-state index in [-0.39, 0.29) is 0 Å². The van der Waals surface area contributed by atoms with E-state index in [0.717, 1.165) is 56.4 Å². The number of allylic oxidation sites excluding steroid dienone is 2. The SMILES string of the molecule is C=CC(=C)NCCN(CC/C=C\C)c1cc(C=O)ccc1CC(C)CC. The first-order valence-electron chi connectivity index (χ1n) is 9.55. The third-order valence-electron chi connectivity index (χ3n) is 4.63. The Morgan fingerprint density at radius 3 is 2.73 bits per heavy atom. The Morgan fingerprint density at radius 1 is 1.35 bits per heavy atom. The van der Waals surface area contributed by atoms with E-state index in [4.69, 9.17) is 0 Å². The summed E-state index contributed by atoms with van der Waals surface area (Å²) >= 11 is 0. The van der Waals surface area contributed by atoms with Gasteiger partial charge in [-0.05, 0) is 43.4 Å². The number of carbonyl (C=O) groups is 1. The summed E-state index contributed by atoms with van der Waals surface area (Å²) < 4.78 is 0. The van der Waals surface area contributed by atoms with Crippen molar-refractivity contribution in [3.63, 3.8) is 0 Å². The largest absolute Gasteiger partial charge is 0.384 e. The second kappa shape index (κ2) is 12.1. The van der Waals surface area contributed by atoms with Crippen molar-refractivity contribution in [3.05, 3.63) is 66.4 Å². The first kappa shape index (κ1) is 21.8. The van der Waals surface area contributed by atoms with Crippen LogP contribution in [0.25, 0.3) is 0 Å². The van der Waals surface area contributed by atoms with Crippen LogP contribution >= 0.6 is 0 Å². The average Bonchev–Trinajstić information content (AvgIpc) is 2.66. The molecule has 1 unspecified atom stereocenters. The summed E-state index contributed by atoms with van der Waals surface area (Å²) in [4.78, 5) is 13.7. The number of anilines is 1. The van der Waals surface area contributed by atoms with Gasteiger partial charge in [0.15, 0.2) is 0 Å². The zero-order chi connectivity index (χ0) is 19.4. The van der Waals surface area contributed by atoms with Crippen molar-refractivity contribution in [2.45, 2.75) is 40.0 Å². The Hall–Kier alpha value is -2.29. The van der Waals surface area contributed by atoms with E-state index in [2.05, 4.69) is 55.4 Å². The van der Waals surface area contributed by atoms with Crippen molar-refractivity contribution in [1.82, 2.24) is 5.32 Å². The number of rotatable bonds is 13. The fraction of sp³-hybridized carbons (Fsp3) is 0.435. The van der Waals surface area contributed by atoms with Gasteiger partial charge in [0.2, 0.25) is 0 Å². The smallest absolute Gasteiger partial charge is 0.150 e. The van der Waals surface area contributed by atoms with Crippen molar-refractivity contribution < 1.29 is 4.79 Å².